The van der Waals surface area contributed by atoms with Crippen LogP contribution in [0.5, 0.6) is 0 Å². The van der Waals surface area contributed by atoms with Crippen molar-refractivity contribution in [1.29, 1.82) is 0 Å². The lowest BCUT2D eigenvalue weighted by atomic mass is 10.1. The summed E-state index contributed by atoms with van der Waals surface area (Å²) in [5.41, 5.74) is 6.66. The zero-order chi connectivity index (χ0) is 14.7. The van der Waals surface area contributed by atoms with Gasteiger partial charge in [0.1, 0.15) is 5.82 Å². The van der Waals surface area contributed by atoms with Crippen molar-refractivity contribution in [2.24, 2.45) is 5.73 Å². The van der Waals surface area contributed by atoms with E-state index < -0.39 is 0 Å². The quantitative estimate of drug-likeness (QED) is 0.858. The maximum absolute atomic E-state index is 12.8. The second kappa shape index (κ2) is 9.27. The molecule has 2 fully saturated rings. The van der Waals surface area contributed by atoms with Crippen LogP contribution in [-0.2, 0) is 4.74 Å². The highest BCUT2D eigenvalue weighted by molar-refractivity contribution is 5.99. The van der Waals surface area contributed by atoms with Crippen molar-refractivity contribution >= 4 is 36.5 Å². The lowest BCUT2D eigenvalue weighted by Crippen LogP contribution is -2.46. The molecule has 0 aromatic carbocycles. The molecule has 0 bridgehead atoms. The van der Waals surface area contributed by atoms with E-state index in [0.717, 1.165) is 38.3 Å². The monoisotopic (exact) mass is 362 g/mol. The van der Waals surface area contributed by atoms with Crippen LogP contribution in [0.3, 0.4) is 0 Å². The number of aromatic nitrogens is 1. The number of amides is 1. The summed E-state index contributed by atoms with van der Waals surface area (Å²) in [5.74, 6) is 0.810. The molecule has 3 rings (SSSR count). The largest absolute Gasteiger partial charge is 0.378 e. The minimum absolute atomic E-state index is 0. The fraction of sp³-hybridized carbons (Fsp3) is 0.600. The number of halogens is 2. The minimum atomic E-state index is 0. The molecule has 0 saturated carbocycles. The molecular formula is C15H24Cl2N4O2. The summed E-state index contributed by atoms with van der Waals surface area (Å²) in [4.78, 5) is 21.2. The lowest BCUT2D eigenvalue weighted by molar-refractivity contribution is 0.0708. The maximum Gasteiger partial charge on any atom is 0.257 e. The molecule has 0 spiro atoms. The SMILES string of the molecule is Cl.Cl.NC1CCCN(C(=O)c2cccnc2N2CCOCC2)C1. The molecule has 2 saturated heterocycles. The molecule has 1 aromatic heterocycles. The zero-order valence-corrected chi connectivity index (χ0v) is 14.7. The molecule has 1 unspecified atom stereocenters. The second-order valence-electron chi connectivity index (χ2n) is 5.63. The van der Waals surface area contributed by atoms with Crippen molar-refractivity contribution in [1.82, 2.24) is 9.88 Å². The third-order valence-electron chi connectivity index (χ3n) is 4.07. The molecule has 0 radical (unpaired) electrons. The molecule has 23 heavy (non-hydrogen) atoms. The van der Waals surface area contributed by atoms with Crippen molar-refractivity contribution < 1.29 is 9.53 Å². The summed E-state index contributed by atoms with van der Waals surface area (Å²) in [6.07, 6.45) is 3.71. The number of carbonyl (C=O) groups excluding carboxylic acids is 1. The van der Waals surface area contributed by atoms with Gasteiger partial charge in [0, 0.05) is 38.4 Å². The van der Waals surface area contributed by atoms with Crippen LogP contribution in [0.1, 0.15) is 23.2 Å². The Morgan fingerprint density at radius 3 is 2.70 bits per heavy atom. The highest BCUT2D eigenvalue weighted by Crippen LogP contribution is 2.21. The predicted molar refractivity (Wildman–Crippen MR) is 94.9 cm³/mol. The molecule has 8 heteroatoms. The van der Waals surface area contributed by atoms with Gasteiger partial charge in [-0.15, -0.1) is 24.8 Å². The van der Waals surface area contributed by atoms with Gasteiger partial charge in [-0.2, -0.15) is 0 Å². The van der Waals surface area contributed by atoms with Crippen LogP contribution in [0.25, 0.3) is 0 Å². The smallest absolute Gasteiger partial charge is 0.257 e. The first-order valence-corrected chi connectivity index (χ1v) is 7.58. The van der Waals surface area contributed by atoms with E-state index in [9.17, 15) is 4.79 Å². The fourth-order valence-corrected chi connectivity index (χ4v) is 2.96. The van der Waals surface area contributed by atoms with Crippen molar-refractivity contribution in [3.63, 3.8) is 0 Å². The Labute approximate surface area is 149 Å². The van der Waals surface area contributed by atoms with Crippen LogP contribution in [0.2, 0.25) is 0 Å². The van der Waals surface area contributed by atoms with E-state index in [0.29, 0.717) is 25.3 Å². The van der Waals surface area contributed by atoms with Gasteiger partial charge in [-0.25, -0.2) is 4.98 Å². The molecular weight excluding hydrogens is 339 g/mol. The molecule has 130 valence electrons. The van der Waals surface area contributed by atoms with Crippen LogP contribution in [0, 0.1) is 0 Å². The number of hydrogen-bond acceptors (Lipinski definition) is 5. The molecule has 2 aliphatic rings. The van der Waals surface area contributed by atoms with Gasteiger partial charge in [0.2, 0.25) is 0 Å². The van der Waals surface area contributed by atoms with E-state index in [1.165, 1.54) is 0 Å². The number of piperidine rings is 1. The fourth-order valence-electron chi connectivity index (χ4n) is 2.96. The molecule has 2 N–H and O–H groups in total. The Kier molecular flexibility index (Phi) is 8.05. The third-order valence-corrected chi connectivity index (χ3v) is 4.07. The van der Waals surface area contributed by atoms with Crippen LogP contribution in [0.15, 0.2) is 18.3 Å². The van der Waals surface area contributed by atoms with E-state index in [2.05, 4.69) is 9.88 Å². The van der Waals surface area contributed by atoms with Gasteiger partial charge in [-0.1, -0.05) is 0 Å². The Morgan fingerprint density at radius 2 is 2.00 bits per heavy atom. The summed E-state index contributed by atoms with van der Waals surface area (Å²) in [5, 5.41) is 0. The third kappa shape index (κ3) is 4.70. The number of hydrogen-bond donors (Lipinski definition) is 1. The maximum atomic E-state index is 12.8. The number of ether oxygens (including phenoxy) is 1. The van der Waals surface area contributed by atoms with E-state index in [1.54, 1.807) is 6.20 Å². The number of pyridine rings is 1. The Balaban J connectivity index is 0.00000132. The Hall–Kier alpha value is -1.08. The van der Waals surface area contributed by atoms with Crippen LogP contribution in [0.4, 0.5) is 5.82 Å². The molecule has 1 atom stereocenters. The molecule has 3 heterocycles. The van der Waals surface area contributed by atoms with E-state index in [1.807, 2.05) is 17.0 Å². The van der Waals surface area contributed by atoms with Gasteiger partial charge >= 0.3 is 0 Å². The van der Waals surface area contributed by atoms with Gasteiger partial charge in [0.15, 0.2) is 0 Å². The van der Waals surface area contributed by atoms with Gasteiger partial charge < -0.3 is 20.3 Å². The zero-order valence-electron chi connectivity index (χ0n) is 13.0. The summed E-state index contributed by atoms with van der Waals surface area (Å²) >= 11 is 0. The molecule has 1 aromatic rings. The molecule has 0 aliphatic carbocycles. The van der Waals surface area contributed by atoms with Crippen molar-refractivity contribution in [3.8, 4) is 0 Å². The van der Waals surface area contributed by atoms with Gasteiger partial charge in [0.25, 0.3) is 5.91 Å². The van der Waals surface area contributed by atoms with Crippen LogP contribution < -0.4 is 10.6 Å². The van der Waals surface area contributed by atoms with Crippen molar-refractivity contribution in [2.45, 2.75) is 18.9 Å². The second-order valence-corrected chi connectivity index (χ2v) is 5.63. The van der Waals surface area contributed by atoms with Crippen LogP contribution >= 0.6 is 24.8 Å². The number of carbonyl (C=O) groups is 1. The van der Waals surface area contributed by atoms with E-state index in [4.69, 9.17) is 10.5 Å². The lowest BCUT2D eigenvalue weighted by Gasteiger charge is -2.33. The van der Waals surface area contributed by atoms with E-state index in [-0.39, 0.29) is 36.8 Å². The first-order chi connectivity index (χ1) is 10.3. The highest BCUT2D eigenvalue weighted by Gasteiger charge is 2.26. The predicted octanol–water partition coefficient (Wildman–Crippen LogP) is 1.33. The Morgan fingerprint density at radius 1 is 1.26 bits per heavy atom. The van der Waals surface area contributed by atoms with Gasteiger partial charge in [-0.05, 0) is 25.0 Å². The number of nitrogens with two attached hydrogens (primary N) is 1. The van der Waals surface area contributed by atoms with Gasteiger partial charge in [-0.3, -0.25) is 4.79 Å². The average molecular weight is 363 g/mol. The number of nitrogens with zero attached hydrogens (tertiary/aromatic N) is 3. The van der Waals surface area contributed by atoms with Crippen molar-refractivity contribution in [2.75, 3.05) is 44.3 Å². The average Bonchev–Trinajstić information content (AvgIpc) is 2.55. The molecule has 6 nitrogen and oxygen atoms in total. The topological polar surface area (TPSA) is 71.7 Å². The summed E-state index contributed by atoms with van der Waals surface area (Å²) in [6.45, 7) is 4.32. The molecule has 1 amide bonds. The molecule has 2 aliphatic heterocycles. The van der Waals surface area contributed by atoms with Crippen LogP contribution in [-0.4, -0.2) is 61.2 Å². The van der Waals surface area contributed by atoms with Gasteiger partial charge in [0.05, 0.1) is 18.8 Å². The number of rotatable bonds is 2. The van der Waals surface area contributed by atoms with Crippen molar-refractivity contribution in [3.05, 3.63) is 23.9 Å². The first-order valence-electron chi connectivity index (χ1n) is 7.58. The highest BCUT2D eigenvalue weighted by atomic mass is 35.5. The summed E-state index contributed by atoms with van der Waals surface area (Å²) < 4.78 is 5.37. The van der Waals surface area contributed by atoms with E-state index >= 15 is 0 Å². The number of anilines is 1. The summed E-state index contributed by atoms with van der Waals surface area (Å²) in [6, 6.07) is 3.77. The minimum Gasteiger partial charge on any atom is -0.378 e. The standard InChI is InChI=1S/C15H22N4O2.2ClH/c16-12-3-2-6-19(11-12)15(20)13-4-1-5-17-14(13)18-7-9-21-10-8-18;;/h1,4-5,12H,2-3,6-11,16H2;2*1H. The normalized spacial score (nSPS) is 21.2. The number of likely N-dealkylation sites (tertiary alicyclic amines) is 1. The summed E-state index contributed by atoms with van der Waals surface area (Å²) in [7, 11) is 0. The first kappa shape index (κ1) is 20.0. The number of morpholine rings is 1. The Bertz CT molecular complexity index is 512.